The molecule has 0 unspecified atom stereocenters. The summed E-state index contributed by atoms with van der Waals surface area (Å²) in [6.07, 6.45) is -4.50. The summed E-state index contributed by atoms with van der Waals surface area (Å²) in [6.45, 7) is 6.38. The van der Waals surface area contributed by atoms with Crippen LogP contribution in [0.3, 0.4) is 0 Å². The molecule has 0 fully saturated rings. The quantitative estimate of drug-likeness (QED) is 0.810. The molecule has 140 valence electrons. The predicted molar refractivity (Wildman–Crippen MR) is 93.8 cm³/mol. The van der Waals surface area contributed by atoms with Gasteiger partial charge in [-0.1, -0.05) is 11.6 Å². The van der Waals surface area contributed by atoms with Crippen LogP contribution < -0.4 is 5.32 Å². The van der Waals surface area contributed by atoms with Gasteiger partial charge in [0.15, 0.2) is 0 Å². The monoisotopic (exact) mass is 386 g/mol. The number of nitrogens with one attached hydrogen (secondary N) is 1. The zero-order valence-corrected chi connectivity index (χ0v) is 15.2. The van der Waals surface area contributed by atoms with Gasteiger partial charge in [0.2, 0.25) is 5.95 Å². The van der Waals surface area contributed by atoms with E-state index in [4.69, 9.17) is 11.6 Å². The van der Waals surface area contributed by atoms with Crippen molar-refractivity contribution in [1.29, 1.82) is 0 Å². The van der Waals surface area contributed by atoms with Crippen LogP contribution in [-0.4, -0.2) is 33.9 Å². The Labute approximate surface area is 154 Å². The number of hydrogen-bond acceptors (Lipinski definition) is 4. The minimum atomic E-state index is -4.50. The highest BCUT2D eigenvalue weighted by Crippen LogP contribution is 2.34. The van der Waals surface area contributed by atoms with E-state index >= 15 is 0 Å². The van der Waals surface area contributed by atoms with Crippen molar-refractivity contribution in [2.75, 3.05) is 18.4 Å². The number of aromatic nitrogens is 2. The molecule has 1 N–H and O–H groups in total. The number of halogens is 4. The molecule has 0 aliphatic heterocycles. The molecule has 1 aromatic carbocycles. The van der Waals surface area contributed by atoms with Crippen LogP contribution in [0.15, 0.2) is 24.3 Å². The van der Waals surface area contributed by atoms with Crippen LogP contribution in [0.4, 0.5) is 24.8 Å². The maximum atomic E-state index is 12.9. The first-order chi connectivity index (χ1) is 12.2. The minimum Gasteiger partial charge on any atom is -0.338 e. The molecule has 0 saturated heterocycles. The maximum absolute atomic E-state index is 12.9. The summed E-state index contributed by atoms with van der Waals surface area (Å²) in [5.74, 6) is -0.277. The molecular weight excluding hydrogens is 369 g/mol. The molecule has 0 radical (unpaired) electrons. The first-order valence-corrected chi connectivity index (χ1v) is 8.32. The molecule has 9 heteroatoms. The van der Waals surface area contributed by atoms with E-state index in [-0.39, 0.29) is 28.3 Å². The van der Waals surface area contributed by atoms with Crippen LogP contribution in [0.2, 0.25) is 5.02 Å². The van der Waals surface area contributed by atoms with Crippen molar-refractivity contribution in [2.24, 2.45) is 0 Å². The highest BCUT2D eigenvalue weighted by atomic mass is 35.5. The van der Waals surface area contributed by atoms with Crippen LogP contribution in [0.1, 0.15) is 35.6 Å². The molecule has 1 amide bonds. The van der Waals surface area contributed by atoms with Gasteiger partial charge in [0, 0.05) is 18.8 Å². The van der Waals surface area contributed by atoms with Crippen molar-refractivity contribution in [3.05, 3.63) is 46.2 Å². The Kier molecular flexibility index (Phi) is 6.07. The SMILES string of the molecule is CCN(CC)C(=O)c1cc(C)nc(Nc2cc(C(F)(F)F)ccc2Cl)n1. The first-order valence-electron chi connectivity index (χ1n) is 7.94. The number of benzene rings is 1. The second-order valence-corrected chi connectivity index (χ2v) is 5.92. The average Bonchev–Trinajstić information content (AvgIpc) is 2.56. The van der Waals surface area contributed by atoms with Crippen molar-refractivity contribution in [3.8, 4) is 0 Å². The number of hydrogen-bond donors (Lipinski definition) is 1. The molecule has 0 aliphatic carbocycles. The minimum absolute atomic E-state index is 0.00160. The van der Waals surface area contributed by atoms with Crippen molar-refractivity contribution >= 4 is 29.1 Å². The van der Waals surface area contributed by atoms with E-state index in [1.807, 2.05) is 13.8 Å². The van der Waals surface area contributed by atoms with Gasteiger partial charge in [0.25, 0.3) is 5.91 Å². The molecule has 0 bridgehead atoms. The van der Waals surface area contributed by atoms with Gasteiger partial charge in [-0.2, -0.15) is 13.2 Å². The summed E-state index contributed by atoms with van der Waals surface area (Å²) in [6, 6.07) is 4.43. The number of aryl methyl sites for hydroxylation is 1. The number of anilines is 2. The van der Waals surface area contributed by atoms with Gasteiger partial charge in [-0.15, -0.1) is 0 Å². The number of carbonyl (C=O) groups is 1. The van der Waals surface area contributed by atoms with E-state index < -0.39 is 11.7 Å². The van der Waals surface area contributed by atoms with Crippen LogP contribution in [0.25, 0.3) is 0 Å². The van der Waals surface area contributed by atoms with E-state index in [0.29, 0.717) is 18.8 Å². The summed E-state index contributed by atoms with van der Waals surface area (Å²) < 4.78 is 38.7. The smallest absolute Gasteiger partial charge is 0.338 e. The topological polar surface area (TPSA) is 58.1 Å². The fourth-order valence-corrected chi connectivity index (χ4v) is 2.49. The Morgan fingerprint density at radius 3 is 2.42 bits per heavy atom. The van der Waals surface area contributed by atoms with Crippen molar-refractivity contribution < 1.29 is 18.0 Å². The molecular formula is C17H18ClF3N4O. The second kappa shape index (κ2) is 7.90. The summed E-state index contributed by atoms with van der Waals surface area (Å²) in [7, 11) is 0. The van der Waals surface area contributed by atoms with Gasteiger partial charge >= 0.3 is 6.18 Å². The molecule has 1 aromatic heterocycles. The molecule has 2 aromatic rings. The Morgan fingerprint density at radius 2 is 1.85 bits per heavy atom. The largest absolute Gasteiger partial charge is 0.416 e. The van der Waals surface area contributed by atoms with Crippen molar-refractivity contribution in [2.45, 2.75) is 26.9 Å². The molecule has 0 spiro atoms. The normalized spacial score (nSPS) is 11.3. The highest BCUT2D eigenvalue weighted by Gasteiger charge is 2.31. The number of rotatable bonds is 5. The van der Waals surface area contributed by atoms with E-state index in [2.05, 4.69) is 15.3 Å². The lowest BCUT2D eigenvalue weighted by atomic mass is 10.2. The Hall–Kier alpha value is -2.35. The first kappa shape index (κ1) is 20.0. The van der Waals surface area contributed by atoms with Gasteiger partial charge in [-0.05, 0) is 45.0 Å². The molecule has 0 aliphatic rings. The summed E-state index contributed by atoms with van der Waals surface area (Å²) in [4.78, 5) is 22.3. The number of alkyl halides is 3. The fraction of sp³-hybridized carbons (Fsp3) is 0.353. The Morgan fingerprint density at radius 1 is 1.19 bits per heavy atom. The third-order valence-corrected chi connectivity index (χ3v) is 3.99. The zero-order valence-electron chi connectivity index (χ0n) is 14.5. The van der Waals surface area contributed by atoms with Gasteiger partial charge in [0.1, 0.15) is 5.69 Å². The molecule has 0 saturated carbocycles. The van der Waals surface area contributed by atoms with Crippen molar-refractivity contribution in [3.63, 3.8) is 0 Å². The van der Waals surface area contributed by atoms with Gasteiger partial charge < -0.3 is 10.2 Å². The molecule has 1 heterocycles. The lowest BCUT2D eigenvalue weighted by Crippen LogP contribution is -2.31. The Balaban J connectivity index is 2.38. The zero-order chi connectivity index (χ0) is 19.5. The molecule has 26 heavy (non-hydrogen) atoms. The van der Waals surface area contributed by atoms with Crippen LogP contribution in [0, 0.1) is 6.92 Å². The molecule has 0 atom stereocenters. The summed E-state index contributed by atoms with van der Waals surface area (Å²) >= 11 is 5.97. The number of carbonyl (C=O) groups excluding carboxylic acids is 1. The van der Waals surface area contributed by atoms with E-state index in [0.717, 1.165) is 18.2 Å². The van der Waals surface area contributed by atoms with Crippen LogP contribution >= 0.6 is 11.6 Å². The summed E-state index contributed by atoms with van der Waals surface area (Å²) in [5.41, 5.74) is -0.183. The Bertz CT molecular complexity index is 807. The van der Waals surface area contributed by atoms with Crippen LogP contribution in [0.5, 0.6) is 0 Å². The number of amides is 1. The lowest BCUT2D eigenvalue weighted by molar-refractivity contribution is -0.137. The van der Waals surface area contributed by atoms with Gasteiger partial charge in [-0.25, -0.2) is 9.97 Å². The molecule has 2 rings (SSSR count). The number of nitrogens with zero attached hydrogens (tertiary/aromatic N) is 3. The van der Waals surface area contributed by atoms with E-state index in [9.17, 15) is 18.0 Å². The summed E-state index contributed by atoms with van der Waals surface area (Å²) in [5, 5.41) is 2.75. The third kappa shape index (κ3) is 4.63. The van der Waals surface area contributed by atoms with E-state index in [1.165, 1.54) is 6.07 Å². The predicted octanol–water partition coefficient (Wildman–Crippen LogP) is 4.68. The van der Waals surface area contributed by atoms with Crippen LogP contribution in [-0.2, 0) is 6.18 Å². The third-order valence-electron chi connectivity index (χ3n) is 3.66. The fourth-order valence-electron chi connectivity index (χ4n) is 2.32. The highest BCUT2D eigenvalue weighted by molar-refractivity contribution is 6.33. The standard InChI is InChI=1S/C17H18ClF3N4O/c1-4-25(5-2)15(26)14-8-10(3)22-16(24-14)23-13-9-11(17(19,20)21)6-7-12(13)18/h6-9H,4-5H2,1-3H3,(H,22,23,24). The lowest BCUT2D eigenvalue weighted by Gasteiger charge is -2.18. The average molecular weight is 387 g/mol. The van der Waals surface area contributed by atoms with Gasteiger partial charge in [-0.3, -0.25) is 4.79 Å². The maximum Gasteiger partial charge on any atom is 0.416 e. The van der Waals surface area contributed by atoms with E-state index in [1.54, 1.807) is 11.8 Å². The molecule has 5 nitrogen and oxygen atoms in total. The van der Waals surface area contributed by atoms with Gasteiger partial charge in [0.05, 0.1) is 16.3 Å². The second-order valence-electron chi connectivity index (χ2n) is 5.51. The van der Waals surface area contributed by atoms with Crippen molar-refractivity contribution in [1.82, 2.24) is 14.9 Å².